The Morgan fingerprint density at radius 1 is 1.19 bits per heavy atom. The summed E-state index contributed by atoms with van der Waals surface area (Å²) in [7, 11) is 0. The minimum Gasteiger partial charge on any atom is -0.378 e. The van der Waals surface area contributed by atoms with Crippen LogP contribution in [-0.2, 0) is 11.3 Å². The van der Waals surface area contributed by atoms with Gasteiger partial charge in [-0.05, 0) is 25.0 Å². The van der Waals surface area contributed by atoms with Gasteiger partial charge in [0.2, 0.25) is 5.95 Å². The standard InChI is InChI=1S/C20H27N5O/c1-16-3-2-4-17(13-16)14-24-8-6-18(15-24)22-20-21-7-5-19(23-20)25-9-11-26-12-10-25/h2-5,7,13,18H,6,8-12,14-15H2,1H3,(H,21,22,23). The van der Waals surface area contributed by atoms with Crippen LogP contribution in [0.1, 0.15) is 17.5 Å². The molecule has 1 unspecified atom stereocenters. The van der Waals surface area contributed by atoms with Crippen LogP contribution in [0.5, 0.6) is 0 Å². The number of ether oxygens (including phenoxy) is 1. The first-order chi connectivity index (χ1) is 12.8. The van der Waals surface area contributed by atoms with Crippen molar-refractivity contribution in [2.45, 2.75) is 25.9 Å². The largest absolute Gasteiger partial charge is 0.378 e. The van der Waals surface area contributed by atoms with Gasteiger partial charge >= 0.3 is 0 Å². The molecule has 2 fully saturated rings. The van der Waals surface area contributed by atoms with Gasteiger partial charge in [0.05, 0.1) is 13.2 Å². The van der Waals surface area contributed by atoms with Crippen LogP contribution in [0.25, 0.3) is 0 Å². The van der Waals surface area contributed by atoms with Gasteiger partial charge in [-0.1, -0.05) is 29.8 Å². The summed E-state index contributed by atoms with van der Waals surface area (Å²) in [5.41, 5.74) is 2.71. The third kappa shape index (κ3) is 4.31. The number of aryl methyl sites for hydroxylation is 1. The number of rotatable bonds is 5. The van der Waals surface area contributed by atoms with Gasteiger partial charge < -0.3 is 15.0 Å². The fourth-order valence-electron chi connectivity index (χ4n) is 3.73. The molecular weight excluding hydrogens is 326 g/mol. The molecule has 6 nitrogen and oxygen atoms in total. The van der Waals surface area contributed by atoms with E-state index in [-0.39, 0.29) is 0 Å². The number of benzene rings is 1. The second-order valence-electron chi connectivity index (χ2n) is 7.19. The molecule has 4 rings (SSSR count). The molecule has 1 aromatic heterocycles. The first kappa shape index (κ1) is 17.2. The highest BCUT2D eigenvalue weighted by atomic mass is 16.5. The number of nitrogens with zero attached hydrogens (tertiary/aromatic N) is 4. The zero-order valence-electron chi connectivity index (χ0n) is 15.4. The van der Waals surface area contributed by atoms with Crippen molar-refractivity contribution in [1.82, 2.24) is 14.9 Å². The van der Waals surface area contributed by atoms with E-state index in [1.807, 2.05) is 12.3 Å². The smallest absolute Gasteiger partial charge is 0.224 e. The van der Waals surface area contributed by atoms with E-state index >= 15 is 0 Å². The first-order valence-corrected chi connectivity index (χ1v) is 9.46. The lowest BCUT2D eigenvalue weighted by Crippen LogP contribution is -2.37. The van der Waals surface area contributed by atoms with Crippen molar-refractivity contribution in [2.75, 3.05) is 49.6 Å². The van der Waals surface area contributed by atoms with Crippen molar-refractivity contribution in [3.8, 4) is 0 Å². The van der Waals surface area contributed by atoms with Gasteiger partial charge in [0.1, 0.15) is 5.82 Å². The van der Waals surface area contributed by atoms with E-state index < -0.39 is 0 Å². The van der Waals surface area contributed by atoms with Crippen molar-refractivity contribution in [1.29, 1.82) is 0 Å². The first-order valence-electron chi connectivity index (χ1n) is 9.46. The molecule has 0 saturated carbocycles. The van der Waals surface area contributed by atoms with Crippen LogP contribution >= 0.6 is 0 Å². The van der Waals surface area contributed by atoms with Crippen molar-refractivity contribution < 1.29 is 4.74 Å². The van der Waals surface area contributed by atoms with Crippen LogP contribution in [0, 0.1) is 6.92 Å². The minimum atomic E-state index is 0.403. The Labute approximate surface area is 155 Å². The molecule has 1 aromatic carbocycles. The second-order valence-corrected chi connectivity index (χ2v) is 7.19. The molecule has 3 heterocycles. The predicted molar refractivity (Wildman–Crippen MR) is 104 cm³/mol. The van der Waals surface area contributed by atoms with Gasteiger partial charge in [-0.2, -0.15) is 4.98 Å². The molecule has 0 spiro atoms. The maximum absolute atomic E-state index is 5.42. The van der Waals surface area contributed by atoms with E-state index in [2.05, 4.69) is 51.3 Å². The molecule has 0 bridgehead atoms. The fraction of sp³-hybridized carbons (Fsp3) is 0.500. The molecular formula is C20H27N5O. The molecule has 2 saturated heterocycles. The molecule has 26 heavy (non-hydrogen) atoms. The summed E-state index contributed by atoms with van der Waals surface area (Å²) in [5.74, 6) is 1.72. The van der Waals surface area contributed by atoms with Crippen molar-refractivity contribution in [3.05, 3.63) is 47.7 Å². The number of hydrogen-bond donors (Lipinski definition) is 1. The highest BCUT2D eigenvalue weighted by Crippen LogP contribution is 2.19. The Balaban J connectivity index is 1.33. The molecule has 0 radical (unpaired) electrons. The molecule has 0 aliphatic carbocycles. The predicted octanol–water partition coefficient (Wildman–Crippen LogP) is 2.31. The number of aromatic nitrogens is 2. The Kier molecular flexibility index (Phi) is 5.32. The molecule has 2 aromatic rings. The van der Waals surface area contributed by atoms with Gasteiger partial charge in [0, 0.05) is 45.0 Å². The van der Waals surface area contributed by atoms with E-state index in [4.69, 9.17) is 9.72 Å². The summed E-state index contributed by atoms with van der Waals surface area (Å²) in [6.45, 7) is 8.61. The maximum Gasteiger partial charge on any atom is 0.224 e. The van der Waals surface area contributed by atoms with Gasteiger partial charge in [-0.25, -0.2) is 4.98 Å². The Morgan fingerprint density at radius 3 is 2.92 bits per heavy atom. The average Bonchev–Trinajstić information content (AvgIpc) is 3.09. The quantitative estimate of drug-likeness (QED) is 0.890. The number of morpholine rings is 1. The summed E-state index contributed by atoms with van der Waals surface area (Å²) in [4.78, 5) is 13.9. The van der Waals surface area contributed by atoms with Crippen LogP contribution in [0.15, 0.2) is 36.5 Å². The van der Waals surface area contributed by atoms with Crippen LogP contribution in [0.4, 0.5) is 11.8 Å². The molecule has 1 N–H and O–H groups in total. The summed E-state index contributed by atoms with van der Waals surface area (Å²) >= 11 is 0. The van der Waals surface area contributed by atoms with Crippen LogP contribution in [-0.4, -0.2) is 60.3 Å². The third-order valence-corrected chi connectivity index (χ3v) is 5.07. The highest BCUT2D eigenvalue weighted by Gasteiger charge is 2.23. The van der Waals surface area contributed by atoms with E-state index in [1.54, 1.807) is 0 Å². The summed E-state index contributed by atoms with van der Waals surface area (Å²) < 4.78 is 5.42. The Bertz CT molecular complexity index is 732. The van der Waals surface area contributed by atoms with Gasteiger partial charge in [-0.15, -0.1) is 0 Å². The number of likely N-dealkylation sites (tertiary alicyclic amines) is 1. The molecule has 6 heteroatoms. The molecule has 0 amide bonds. The molecule has 2 aliphatic heterocycles. The number of nitrogens with one attached hydrogen (secondary N) is 1. The van der Waals surface area contributed by atoms with Crippen molar-refractivity contribution in [3.63, 3.8) is 0 Å². The third-order valence-electron chi connectivity index (χ3n) is 5.07. The van der Waals surface area contributed by atoms with Crippen LogP contribution in [0.3, 0.4) is 0 Å². The van der Waals surface area contributed by atoms with E-state index in [1.165, 1.54) is 11.1 Å². The molecule has 1 atom stereocenters. The Morgan fingerprint density at radius 2 is 2.08 bits per heavy atom. The zero-order chi connectivity index (χ0) is 17.8. The number of anilines is 2. The molecule has 2 aliphatic rings. The van der Waals surface area contributed by atoms with Crippen LogP contribution in [0.2, 0.25) is 0 Å². The normalized spacial score (nSPS) is 21.1. The summed E-state index contributed by atoms with van der Waals surface area (Å²) in [6, 6.07) is 11.2. The maximum atomic E-state index is 5.42. The average molecular weight is 353 g/mol. The van der Waals surface area contributed by atoms with Crippen molar-refractivity contribution >= 4 is 11.8 Å². The Hall–Kier alpha value is -2.18. The SMILES string of the molecule is Cc1cccc(CN2CCC(Nc3nccc(N4CCOCC4)n3)C2)c1. The fourth-order valence-corrected chi connectivity index (χ4v) is 3.73. The van der Waals surface area contributed by atoms with Gasteiger partial charge in [-0.3, -0.25) is 4.90 Å². The summed E-state index contributed by atoms with van der Waals surface area (Å²) in [5, 5.41) is 3.53. The van der Waals surface area contributed by atoms with E-state index in [0.717, 1.165) is 64.1 Å². The number of hydrogen-bond acceptors (Lipinski definition) is 6. The van der Waals surface area contributed by atoms with E-state index in [0.29, 0.717) is 6.04 Å². The van der Waals surface area contributed by atoms with Crippen molar-refractivity contribution in [2.24, 2.45) is 0 Å². The lowest BCUT2D eigenvalue weighted by molar-refractivity contribution is 0.122. The monoisotopic (exact) mass is 353 g/mol. The van der Waals surface area contributed by atoms with Gasteiger partial charge in [0.15, 0.2) is 0 Å². The van der Waals surface area contributed by atoms with Crippen LogP contribution < -0.4 is 10.2 Å². The molecule has 138 valence electrons. The zero-order valence-corrected chi connectivity index (χ0v) is 15.4. The van der Waals surface area contributed by atoms with Gasteiger partial charge in [0.25, 0.3) is 0 Å². The highest BCUT2D eigenvalue weighted by molar-refractivity contribution is 5.43. The lowest BCUT2D eigenvalue weighted by atomic mass is 10.1. The second kappa shape index (κ2) is 8.01. The minimum absolute atomic E-state index is 0.403. The summed E-state index contributed by atoms with van der Waals surface area (Å²) in [6.07, 6.45) is 2.97. The lowest BCUT2D eigenvalue weighted by Gasteiger charge is -2.28. The topological polar surface area (TPSA) is 53.5 Å². The van der Waals surface area contributed by atoms with E-state index in [9.17, 15) is 0 Å².